The van der Waals surface area contributed by atoms with Gasteiger partial charge in [-0.1, -0.05) is 50.3 Å². The van der Waals surface area contributed by atoms with E-state index in [0.717, 1.165) is 16.3 Å². The first kappa shape index (κ1) is 35.9. The van der Waals surface area contributed by atoms with Crippen LogP contribution < -0.4 is 10.6 Å². The third-order valence-electron chi connectivity index (χ3n) is 13.0. The number of carbonyl (C=O) groups is 4. The number of hydrogen-bond acceptors (Lipinski definition) is 7. The van der Waals surface area contributed by atoms with Crippen molar-refractivity contribution in [1.29, 1.82) is 0 Å². The zero-order valence-electron chi connectivity index (χ0n) is 29.8. The summed E-state index contributed by atoms with van der Waals surface area (Å²) in [6.07, 6.45) is 5.54. The highest BCUT2D eigenvalue weighted by molar-refractivity contribution is 6.16. The number of aliphatic hydroxyl groups excluding tert-OH is 1. The number of alkyl halides is 1. The summed E-state index contributed by atoms with van der Waals surface area (Å²) in [7, 11) is 0. The van der Waals surface area contributed by atoms with Gasteiger partial charge in [-0.25, -0.2) is 4.39 Å². The van der Waals surface area contributed by atoms with Crippen LogP contribution in [0.5, 0.6) is 0 Å². The van der Waals surface area contributed by atoms with Crippen LogP contribution in [0.25, 0.3) is 21.8 Å². The van der Waals surface area contributed by atoms with Crippen LogP contribution in [0.3, 0.4) is 0 Å². The van der Waals surface area contributed by atoms with Crippen molar-refractivity contribution in [2.24, 2.45) is 28.6 Å². The molecule has 4 aliphatic carbocycles. The molecule has 2 aromatic carbocycles. The van der Waals surface area contributed by atoms with E-state index < -0.39 is 45.9 Å². The topological polar surface area (TPSA) is 147 Å². The molecule has 8 unspecified atom stereocenters. The molecule has 10 nitrogen and oxygen atoms in total. The highest BCUT2D eigenvalue weighted by Crippen LogP contribution is 2.70. The van der Waals surface area contributed by atoms with E-state index in [-0.39, 0.29) is 56.2 Å². The average molecular weight is 712 g/mol. The Morgan fingerprint density at radius 1 is 1.06 bits per heavy atom. The SMILES string of the molecule is C=CC(=O)n1c2ccccc2c2cc(C(=O)NCCOCCNC(=O)C3(O)C(C)CC4C5CCC6=CC(=O)C=CC6(C)C5(F)C(O)CC43C)ccc21. The zero-order chi connectivity index (χ0) is 37.2. The predicted octanol–water partition coefficient (Wildman–Crippen LogP) is 4.83. The minimum Gasteiger partial charge on any atom is -0.390 e. The summed E-state index contributed by atoms with van der Waals surface area (Å²) in [5, 5.41) is 31.0. The molecular formula is C41H46FN3O7. The molecule has 4 aliphatic rings. The molecule has 3 saturated carbocycles. The minimum absolute atomic E-state index is 0.0955. The lowest BCUT2D eigenvalue weighted by molar-refractivity contribution is -0.219. The number of hydrogen-bond donors (Lipinski definition) is 4. The van der Waals surface area contributed by atoms with Gasteiger partial charge < -0.3 is 25.6 Å². The van der Waals surface area contributed by atoms with Crippen molar-refractivity contribution >= 4 is 45.3 Å². The maximum atomic E-state index is 17.4. The summed E-state index contributed by atoms with van der Waals surface area (Å²) in [6.45, 7) is 9.59. The predicted molar refractivity (Wildman–Crippen MR) is 194 cm³/mol. The Bertz CT molecular complexity index is 2070. The number of allylic oxidation sites excluding steroid dienone is 5. The van der Waals surface area contributed by atoms with E-state index in [1.807, 2.05) is 24.3 Å². The molecule has 0 bridgehead atoms. The molecule has 52 heavy (non-hydrogen) atoms. The molecule has 274 valence electrons. The molecule has 11 heteroatoms. The van der Waals surface area contributed by atoms with Crippen LogP contribution in [-0.4, -0.2) is 82.0 Å². The lowest BCUT2D eigenvalue weighted by Gasteiger charge is -2.62. The molecule has 0 saturated heterocycles. The van der Waals surface area contributed by atoms with E-state index in [9.17, 15) is 29.4 Å². The van der Waals surface area contributed by atoms with Crippen molar-refractivity contribution in [2.45, 2.75) is 63.8 Å². The van der Waals surface area contributed by atoms with Crippen LogP contribution in [0.2, 0.25) is 0 Å². The third kappa shape index (κ3) is 5.07. The van der Waals surface area contributed by atoms with Gasteiger partial charge in [0.1, 0.15) is 0 Å². The molecule has 7 rings (SSSR count). The van der Waals surface area contributed by atoms with Crippen LogP contribution in [0.1, 0.15) is 61.6 Å². The van der Waals surface area contributed by atoms with E-state index in [0.29, 0.717) is 35.9 Å². The number of fused-ring (bicyclic) bond motifs is 8. The van der Waals surface area contributed by atoms with Gasteiger partial charge in [0.05, 0.1) is 30.4 Å². The van der Waals surface area contributed by atoms with E-state index in [4.69, 9.17) is 4.74 Å². The molecule has 1 aromatic heterocycles. The van der Waals surface area contributed by atoms with Crippen molar-refractivity contribution in [3.63, 3.8) is 0 Å². The number of aliphatic hydroxyl groups is 2. The number of para-hydroxylation sites is 1. The first-order chi connectivity index (χ1) is 24.7. The standard InChI is InChI=1S/C41H46FN3O7/c1-5-35(48)45-32-9-7-6-8-28(32)29-21-25(10-13-33(29)45)36(49)43-16-18-52-19-17-44-37(50)41(51)24(2)20-31-30-12-11-26-22-27(46)14-15-38(26,3)40(30,42)34(47)23-39(31,41)4/h5-10,13-15,21-22,24,30-31,34,47,51H,1,11-12,16-20,23H2,2-4H3,(H,43,49)(H,44,50). The Labute approximate surface area is 301 Å². The van der Waals surface area contributed by atoms with Gasteiger partial charge in [0.2, 0.25) is 0 Å². The van der Waals surface area contributed by atoms with Crippen LogP contribution >= 0.6 is 0 Å². The highest BCUT2D eigenvalue weighted by Gasteiger charge is 2.75. The summed E-state index contributed by atoms with van der Waals surface area (Å²) in [5.41, 5.74) is -3.57. The van der Waals surface area contributed by atoms with Crippen molar-refractivity contribution in [2.75, 3.05) is 26.3 Å². The van der Waals surface area contributed by atoms with Crippen LogP contribution in [0, 0.1) is 28.6 Å². The smallest absolute Gasteiger partial charge is 0.254 e. The van der Waals surface area contributed by atoms with Crippen molar-refractivity contribution in [1.82, 2.24) is 15.2 Å². The number of rotatable bonds is 9. The van der Waals surface area contributed by atoms with Crippen LogP contribution in [-0.2, 0) is 14.3 Å². The van der Waals surface area contributed by atoms with Gasteiger partial charge in [-0.15, -0.1) is 0 Å². The number of ether oxygens (including phenoxy) is 1. The zero-order valence-corrected chi connectivity index (χ0v) is 29.8. The molecule has 3 aromatic rings. The number of halogens is 1. The number of nitrogens with one attached hydrogen (secondary N) is 2. The van der Waals surface area contributed by atoms with Crippen LogP contribution in [0.15, 0.2) is 78.9 Å². The fraction of sp³-hybridized carbons (Fsp3) is 0.463. The van der Waals surface area contributed by atoms with Gasteiger partial charge in [-0.3, -0.25) is 23.7 Å². The largest absolute Gasteiger partial charge is 0.390 e. The summed E-state index contributed by atoms with van der Waals surface area (Å²) in [4.78, 5) is 51.4. The molecule has 3 fully saturated rings. The molecule has 0 aliphatic heterocycles. The maximum Gasteiger partial charge on any atom is 0.254 e. The first-order valence-corrected chi connectivity index (χ1v) is 18.1. The Morgan fingerprint density at radius 3 is 2.52 bits per heavy atom. The van der Waals surface area contributed by atoms with E-state index in [1.54, 1.807) is 49.6 Å². The average Bonchev–Trinajstić information content (AvgIpc) is 3.56. The fourth-order valence-electron chi connectivity index (χ4n) is 10.3. The number of ketones is 1. The molecule has 8 atom stereocenters. The van der Waals surface area contributed by atoms with Crippen molar-refractivity contribution < 1.29 is 38.5 Å². The lowest BCUT2D eigenvalue weighted by atomic mass is 9.44. The van der Waals surface area contributed by atoms with Gasteiger partial charge >= 0.3 is 0 Å². The summed E-state index contributed by atoms with van der Waals surface area (Å²) in [6, 6.07) is 12.6. The normalized spacial score (nSPS) is 33.6. The molecule has 2 amide bonds. The maximum absolute atomic E-state index is 17.4. The third-order valence-corrected chi connectivity index (χ3v) is 13.0. The van der Waals surface area contributed by atoms with Gasteiger partial charge in [0.25, 0.3) is 17.7 Å². The van der Waals surface area contributed by atoms with E-state index in [2.05, 4.69) is 17.2 Å². The van der Waals surface area contributed by atoms with Crippen molar-refractivity contribution in [3.8, 4) is 0 Å². The number of carbonyl (C=O) groups excluding carboxylic acids is 4. The Morgan fingerprint density at radius 2 is 1.77 bits per heavy atom. The second kappa shape index (κ2) is 12.9. The number of amides is 2. The number of aromatic nitrogens is 1. The molecule has 0 spiro atoms. The monoisotopic (exact) mass is 711 g/mol. The Balaban J connectivity index is 0.938. The first-order valence-electron chi connectivity index (χ1n) is 18.1. The van der Waals surface area contributed by atoms with Gasteiger partial charge in [-0.05, 0) is 86.9 Å². The quantitative estimate of drug-likeness (QED) is 0.184. The fourth-order valence-corrected chi connectivity index (χ4v) is 10.3. The van der Waals surface area contributed by atoms with E-state index >= 15 is 4.39 Å². The van der Waals surface area contributed by atoms with Gasteiger partial charge in [0.15, 0.2) is 17.1 Å². The van der Waals surface area contributed by atoms with Crippen molar-refractivity contribution in [3.05, 3.63) is 84.5 Å². The second-order valence-electron chi connectivity index (χ2n) is 15.4. The Hall–Kier alpha value is -4.45. The number of nitrogens with zero attached hydrogens (tertiary/aromatic N) is 1. The lowest BCUT2D eigenvalue weighted by Crippen LogP contribution is -2.70. The van der Waals surface area contributed by atoms with Crippen LogP contribution in [0.4, 0.5) is 4.39 Å². The minimum atomic E-state index is -2.04. The van der Waals surface area contributed by atoms with Gasteiger partial charge in [0, 0.05) is 46.2 Å². The summed E-state index contributed by atoms with van der Waals surface area (Å²) < 4.78 is 24.7. The molecule has 0 radical (unpaired) electrons. The molecule has 1 heterocycles. The number of benzene rings is 2. The molecular weight excluding hydrogens is 665 g/mol. The summed E-state index contributed by atoms with van der Waals surface area (Å²) >= 11 is 0. The highest BCUT2D eigenvalue weighted by atomic mass is 19.1. The summed E-state index contributed by atoms with van der Waals surface area (Å²) in [5.74, 6) is -2.76. The van der Waals surface area contributed by atoms with E-state index in [1.165, 1.54) is 18.2 Å². The second-order valence-corrected chi connectivity index (χ2v) is 15.4. The molecule has 4 N–H and O–H groups in total. The van der Waals surface area contributed by atoms with Gasteiger partial charge in [-0.2, -0.15) is 0 Å². The Kier molecular flexibility index (Phi) is 8.91.